The third-order valence-electron chi connectivity index (χ3n) is 4.15. The first-order chi connectivity index (χ1) is 12.3. The highest BCUT2D eigenvalue weighted by atomic mass is 32.2. The van der Waals surface area contributed by atoms with E-state index in [9.17, 15) is 22.8 Å². The lowest BCUT2D eigenvalue weighted by molar-refractivity contribution is -0.126. The second-order valence-corrected chi connectivity index (χ2v) is 8.39. The maximum Gasteiger partial charge on any atom is 0.272 e. The Kier molecular flexibility index (Phi) is 5.03. The molecule has 1 unspecified atom stereocenters. The van der Waals surface area contributed by atoms with Crippen molar-refractivity contribution in [3.63, 3.8) is 0 Å². The number of hydrogen-bond acceptors (Lipinski definition) is 6. The first kappa shape index (κ1) is 18.1. The van der Waals surface area contributed by atoms with Crippen LogP contribution in [0.4, 0.5) is 0 Å². The van der Waals surface area contributed by atoms with Gasteiger partial charge in [0.25, 0.3) is 5.56 Å². The predicted molar refractivity (Wildman–Crippen MR) is 94.3 cm³/mol. The summed E-state index contributed by atoms with van der Waals surface area (Å²) in [6.45, 7) is -0.253. The van der Waals surface area contributed by atoms with Crippen molar-refractivity contribution in [2.24, 2.45) is 0 Å². The molecule has 0 saturated carbocycles. The summed E-state index contributed by atoms with van der Waals surface area (Å²) >= 11 is 0. The fourth-order valence-corrected chi connectivity index (χ4v) is 4.56. The summed E-state index contributed by atoms with van der Waals surface area (Å²) in [5.74, 6) is -0.876. The van der Waals surface area contributed by atoms with Crippen molar-refractivity contribution < 1.29 is 18.0 Å². The maximum absolute atomic E-state index is 12.1. The number of rotatable bonds is 5. The average Bonchev–Trinajstić information content (AvgIpc) is 2.94. The van der Waals surface area contributed by atoms with Gasteiger partial charge in [0.15, 0.2) is 9.84 Å². The number of amides is 2. The van der Waals surface area contributed by atoms with Crippen molar-refractivity contribution in [2.75, 3.05) is 18.1 Å². The highest BCUT2D eigenvalue weighted by Crippen LogP contribution is 2.13. The van der Waals surface area contributed by atoms with Crippen LogP contribution in [0.2, 0.25) is 0 Å². The van der Waals surface area contributed by atoms with E-state index in [1.165, 1.54) is 0 Å². The smallest absolute Gasteiger partial charge is 0.272 e. The molecule has 0 radical (unpaired) electrons. The number of aromatic nitrogens is 2. The summed E-state index contributed by atoms with van der Waals surface area (Å²) in [6, 6.07) is 6.39. The van der Waals surface area contributed by atoms with E-state index < -0.39 is 27.7 Å². The minimum absolute atomic E-state index is 0.0647. The summed E-state index contributed by atoms with van der Waals surface area (Å²) in [4.78, 5) is 35.6. The largest absolute Gasteiger partial charge is 0.351 e. The number of carbonyl (C=O) groups excluding carboxylic acids is 2. The molecule has 1 atom stereocenters. The summed E-state index contributed by atoms with van der Waals surface area (Å²) in [7, 11) is -3.08. The van der Waals surface area contributed by atoms with E-state index in [2.05, 4.69) is 20.8 Å². The minimum Gasteiger partial charge on any atom is -0.351 e. The van der Waals surface area contributed by atoms with E-state index in [0.29, 0.717) is 22.9 Å². The first-order valence-corrected chi connectivity index (χ1v) is 9.89. The second kappa shape index (κ2) is 7.24. The van der Waals surface area contributed by atoms with Crippen LogP contribution in [0.3, 0.4) is 0 Å². The van der Waals surface area contributed by atoms with Crippen molar-refractivity contribution in [3.05, 3.63) is 40.3 Å². The van der Waals surface area contributed by atoms with Gasteiger partial charge in [0.2, 0.25) is 11.8 Å². The Morgan fingerprint density at radius 1 is 1.19 bits per heavy atom. The van der Waals surface area contributed by atoms with Crippen molar-refractivity contribution in [2.45, 2.75) is 18.9 Å². The molecule has 138 valence electrons. The van der Waals surface area contributed by atoms with E-state index in [-0.39, 0.29) is 30.0 Å². The number of nitrogens with one attached hydrogen (secondary N) is 3. The highest BCUT2D eigenvalue weighted by molar-refractivity contribution is 7.91. The third kappa shape index (κ3) is 4.26. The molecule has 9 nitrogen and oxygen atoms in total. The van der Waals surface area contributed by atoms with Gasteiger partial charge in [0, 0.05) is 11.4 Å². The van der Waals surface area contributed by atoms with Gasteiger partial charge >= 0.3 is 0 Å². The van der Waals surface area contributed by atoms with Crippen LogP contribution < -0.4 is 16.2 Å². The first-order valence-electron chi connectivity index (χ1n) is 8.07. The van der Waals surface area contributed by atoms with Gasteiger partial charge in [0.05, 0.1) is 35.6 Å². The van der Waals surface area contributed by atoms with Gasteiger partial charge in [-0.1, -0.05) is 18.2 Å². The molecule has 1 aliphatic heterocycles. The summed E-state index contributed by atoms with van der Waals surface area (Å²) in [6.07, 6.45) is 0.289. The van der Waals surface area contributed by atoms with Gasteiger partial charge in [-0.25, -0.2) is 13.5 Å². The van der Waals surface area contributed by atoms with E-state index >= 15 is 0 Å². The molecule has 1 aromatic heterocycles. The SMILES string of the molecule is O=C(Cc1n[nH]c(=O)c2ccccc12)NCC(=O)NC1CCS(=O)(=O)C1. The fraction of sp³-hybridized carbons (Fsp3) is 0.375. The second-order valence-electron chi connectivity index (χ2n) is 6.17. The van der Waals surface area contributed by atoms with Crippen LogP contribution in [0.15, 0.2) is 29.1 Å². The molecule has 3 N–H and O–H groups in total. The van der Waals surface area contributed by atoms with Gasteiger partial charge in [-0.05, 0) is 12.5 Å². The molecule has 0 aliphatic carbocycles. The van der Waals surface area contributed by atoms with Crippen LogP contribution in [0.5, 0.6) is 0 Å². The van der Waals surface area contributed by atoms with E-state index in [4.69, 9.17) is 0 Å². The third-order valence-corrected chi connectivity index (χ3v) is 5.91. The Balaban J connectivity index is 1.56. The number of benzene rings is 1. The zero-order valence-corrected chi connectivity index (χ0v) is 14.6. The molecular weight excluding hydrogens is 360 g/mol. The van der Waals surface area contributed by atoms with Gasteiger partial charge in [0.1, 0.15) is 0 Å². The Morgan fingerprint density at radius 3 is 2.62 bits per heavy atom. The molecule has 3 rings (SSSR count). The molecule has 1 saturated heterocycles. The van der Waals surface area contributed by atoms with Gasteiger partial charge in [-0.2, -0.15) is 5.10 Å². The molecule has 2 heterocycles. The van der Waals surface area contributed by atoms with Crippen LogP contribution >= 0.6 is 0 Å². The number of hydrogen-bond donors (Lipinski definition) is 3. The predicted octanol–water partition coefficient (Wildman–Crippen LogP) is -1.11. The number of sulfone groups is 1. The van der Waals surface area contributed by atoms with Gasteiger partial charge in [-0.3, -0.25) is 14.4 Å². The number of nitrogens with zero attached hydrogens (tertiary/aromatic N) is 1. The molecule has 2 aromatic rings. The lowest BCUT2D eigenvalue weighted by Gasteiger charge is -2.11. The van der Waals surface area contributed by atoms with Gasteiger partial charge < -0.3 is 10.6 Å². The molecule has 2 amide bonds. The summed E-state index contributed by atoms with van der Waals surface area (Å²) in [5.41, 5.74) is 0.0654. The standard InChI is InChI=1S/C16H18N4O5S/c21-14(17-8-15(22)18-10-5-6-26(24,25)9-10)7-13-11-3-1-2-4-12(11)16(23)20-19-13/h1-4,10H,5-9H2,(H,17,21)(H,18,22)(H,20,23). The van der Waals surface area contributed by atoms with Gasteiger partial charge in [-0.15, -0.1) is 0 Å². The number of fused-ring (bicyclic) bond motifs is 1. The Bertz CT molecular complexity index is 1010. The molecule has 1 aromatic carbocycles. The average molecular weight is 378 g/mol. The molecule has 1 aliphatic rings. The molecule has 1 fully saturated rings. The fourth-order valence-electron chi connectivity index (χ4n) is 2.89. The van der Waals surface area contributed by atoms with E-state index in [0.717, 1.165) is 0 Å². The van der Waals surface area contributed by atoms with Crippen LogP contribution in [0.1, 0.15) is 12.1 Å². The normalized spacial score (nSPS) is 18.5. The molecule has 26 heavy (non-hydrogen) atoms. The Hall–Kier alpha value is -2.75. The number of H-pyrrole nitrogens is 1. The molecule has 0 spiro atoms. The zero-order chi connectivity index (χ0) is 18.7. The molecular formula is C16H18N4O5S. The van der Waals surface area contributed by atoms with Crippen LogP contribution in [-0.2, 0) is 25.8 Å². The maximum atomic E-state index is 12.1. The highest BCUT2D eigenvalue weighted by Gasteiger charge is 2.28. The molecule has 0 bridgehead atoms. The number of carbonyl (C=O) groups is 2. The van der Waals surface area contributed by atoms with E-state index in [1.807, 2.05) is 0 Å². The lowest BCUT2D eigenvalue weighted by Crippen LogP contribution is -2.42. The van der Waals surface area contributed by atoms with Crippen molar-refractivity contribution >= 4 is 32.4 Å². The van der Waals surface area contributed by atoms with Crippen LogP contribution in [-0.4, -0.2) is 54.5 Å². The van der Waals surface area contributed by atoms with Crippen LogP contribution in [0.25, 0.3) is 10.8 Å². The quantitative estimate of drug-likeness (QED) is 0.603. The van der Waals surface area contributed by atoms with Crippen molar-refractivity contribution in [3.8, 4) is 0 Å². The summed E-state index contributed by atoms with van der Waals surface area (Å²) < 4.78 is 22.7. The van der Waals surface area contributed by atoms with Crippen molar-refractivity contribution in [1.82, 2.24) is 20.8 Å². The van der Waals surface area contributed by atoms with Crippen LogP contribution in [0, 0.1) is 0 Å². The Labute approximate surface area is 149 Å². The van der Waals surface area contributed by atoms with E-state index in [1.54, 1.807) is 24.3 Å². The number of aromatic amines is 1. The molecule has 10 heteroatoms. The zero-order valence-electron chi connectivity index (χ0n) is 13.8. The monoisotopic (exact) mass is 378 g/mol. The topological polar surface area (TPSA) is 138 Å². The van der Waals surface area contributed by atoms with Crippen molar-refractivity contribution in [1.29, 1.82) is 0 Å². The summed E-state index contributed by atoms with van der Waals surface area (Å²) in [5, 5.41) is 12.3. The Morgan fingerprint density at radius 2 is 1.92 bits per heavy atom. The minimum atomic E-state index is -3.08. The lowest BCUT2D eigenvalue weighted by atomic mass is 10.1.